The van der Waals surface area contributed by atoms with Crippen LogP contribution in [0.2, 0.25) is 0 Å². The van der Waals surface area contributed by atoms with Crippen molar-refractivity contribution in [2.24, 2.45) is 23.3 Å². The number of hydrogen-bond acceptors (Lipinski definition) is 9. The number of carbonyl (C=O) groups is 3. The van der Waals surface area contributed by atoms with Gasteiger partial charge in [-0.2, -0.15) is 0 Å². The third-order valence-corrected chi connectivity index (χ3v) is 6.82. The molecule has 1 aliphatic rings. The van der Waals surface area contributed by atoms with Gasteiger partial charge in [0.25, 0.3) is 5.91 Å². The van der Waals surface area contributed by atoms with Crippen LogP contribution >= 0.6 is 0 Å². The van der Waals surface area contributed by atoms with Crippen molar-refractivity contribution in [2.45, 2.75) is 65.0 Å². The van der Waals surface area contributed by atoms with E-state index in [0.29, 0.717) is 29.6 Å². The monoisotopic (exact) mass is 575 g/mol. The maximum absolute atomic E-state index is 12.8. The molecule has 0 saturated heterocycles. The Morgan fingerprint density at radius 2 is 1.61 bits per heavy atom. The van der Waals surface area contributed by atoms with Crippen LogP contribution in [0.1, 0.15) is 52.2 Å². The first-order valence-corrected chi connectivity index (χ1v) is 13.2. The highest BCUT2D eigenvalue weighted by atomic mass is 16.6. The van der Waals surface area contributed by atoms with Gasteiger partial charge in [-0.15, -0.1) is 0 Å². The van der Waals surface area contributed by atoms with Gasteiger partial charge in [0.15, 0.2) is 12.2 Å². The van der Waals surface area contributed by atoms with E-state index in [1.165, 1.54) is 26.4 Å². The van der Waals surface area contributed by atoms with Crippen molar-refractivity contribution in [3.63, 3.8) is 0 Å². The van der Waals surface area contributed by atoms with Crippen LogP contribution in [0.5, 0.6) is 5.75 Å². The molecular weight excluding hydrogens is 534 g/mol. The number of allylic oxidation sites excluding steroid dienone is 1. The second-order valence-electron chi connectivity index (χ2n) is 10.1. The van der Waals surface area contributed by atoms with E-state index < -0.39 is 54.3 Å². The fourth-order valence-corrected chi connectivity index (χ4v) is 4.72. The molecule has 2 bridgehead atoms. The lowest BCUT2D eigenvalue weighted by molar-refractivity contribution is -0.112. The van der Waals surface area contributed by atoms with Gasteiger partial charge in [0, 0.05) is 36.3 Å². The van der Waals surface area contributed by atoms with Crippen molar-refractivity contribution in [1.82, 2.24) is 0 Å². The fraction of sp³-hybridized carbons (Fsp3) is 0.483. The van der Waals surface area contributed by atoms with Gasteiger partial charge >= 0.3 is 12.2 Å². The molecule has 3 amide bonds. The van der Waals surface area contributed by atoms with Crippen LogP contribution in [-0.4, -0.2) is 60.8 Å². The summed E-state index contributed by atoms with van der Waals surface area (Å²) in [4.78, 5) is 36.5. The van der Waals surface area contributed by atoms with Crippen molar-refractivity contribution in [2.75, 3.05) is 19.5 Å². The molecule has 1 aliphatic heterocycles. The minimum Gasteiger partial charge on any atom is -0.508 e. The van der Waals surface area contributed by atoms with Crippen LogP contribution in [0.3, 0.4) is 0 Å². The number of nitrogens with one attached hydrogen (secondary N) is 1. The van der Waals surface area contributed by atoms with Crippen LogP contribution in [0.4, 0.5) is 15.3 Å². The van der Waals surface area contributed by atoms with E-state index in [0.717, 1.165) is 0 Å². The standard InChI is InChI=1S/C29H41N3O9/c1-15-8-7-9-22(38-5)25(40-28(30)36)17(3)10-18(4)26(41-29(31)37)23(39-6)11-16(2)24(34)19-12-20(32-27(15)35)14-21(33)13-19/h8,10-14,16,18,22,24-26,33-34H,7,9H2,1-6H3,(H2,30,36)(H2,31,37)(H,32,35)/b15-8-,17-10-,23-11+/t16-,18-,22-,24+,25-,26+/m0/s1. The van der Waals surface area contributed by atoms with Gasteiger partial charge < -0.3 is 45.9 Å². The first-order valence-electron chi connectivity index (χ1n) is 13.2. The Balaban J connectivity index is 2.69. The zero-order valence-electron chi connectivity index (χ0n) is 24.2. The lowest BCUT2D eigenvalue weighted by atomic mass is 9.92. The van der Waals surface area contributed by atoms with Gasteiger partial charge in [-0.25, -0.2) is 9.59 Å². The first kappa shape index (κ1) is 33.2. The van der Waals surface area contributed by atoms with Gasteiger partial charge in [-0.3, -0.25) is 4.79 Å². The molecule has 0 fully saturated rings. The van der Waals surface area contributed by atoms with Crippen molar-refractivity contribution in [1.29, 1.82) is 0 Å². The lowest BCUT2D eigenvalue weighted by Gasteiger charge is -2.29. The molecule has 7 N–H and O–H groups in total. The first-order chi connectivity index (χ1) is 19.3. The molecular formula is C29H41N3O9. The number of phenols is 1. The molecule has 0 saturated carbocycles. The molecule has 0 unspecified atom stereocenters. The summed E-state index contributed by atoms with van der Waals surface area (Å²) in [5.74, 6) is -1.51. The van der Waals surface area contributed by atoms with Crippen LogP contribution in [0.15, 0.2) is 53.3 Å². The van der Waals surface area contributed by atoms with E-state index in [1.54, 1.807) is 52.0 Å². The molecule has 0 spiro atoms. The minimum atomic E-state index is -1.14. The van der Waals surface area contributed by atoms with Crippen molar-refractivity contribution < 1.29 is 43.5 Å². The number of aromatic hydroxyl groups is 1. The number of ether oxygens (including phenoxy) is 4. The SMILES string of the molecule is CO/C1=C/[C@H](C)[C@@H](O)c2cc(O)cc(c2)NC(=O)/C(C)=C\CC[C@H](OC)[C@@H](OC(N)=O)/C(C)=C\[C@H](C)[C@H]1OC(N)=O. The van der Waals surface area contributed by atoms with E-state index in [1.807, 2.05) is 0 Å². The van der Waals surface area contributed by atoms with Gasteiger partial charge in [-0.05, 0) is 56.0 Å². The molecule has 1 aromatic carbocycles. The van der Waals surface area contributed by atoms with E-state index >= 15 is 0 Å². The summed E-state index contributed by atoms with van der Waals surface area (Å²) in [6.45, 7) is 6.81. The van der Waals surface area contributed by atoms with Crippen LogP contribution in [0.25, 0.3) is 0 Å². The summed E-state index contributed by atoms with van der Waals surface area (Å²) >= 11 is 0. The smallest absolute Gasteiger partial charge is 0.405 e. The van der Waals surface area contributed by atoms with Crippen LogP contribution in [0, 0.1) is 11.8 Å². The Bertz CT molecular complexity index is 1190. The Labute approximate surface area is 240 Å². The number of amides is 3. The van der Waals surface area contributed by atoms with Gasteiger partial charge in [0.1, 0.15) is 11.5 Å². The third kappa shape index (κ3) is 9.54. The molecule has 0 aliphatic carbocycles. The summed E-state index contributed by atoms with van der Waals surface area (Å²) in [6, 6.07) is 4.31. The Kier molecular flexibility index (Phi) is 12.2. The maximum atomic E-state index is 12.8. The van der Waals surface area contributed by atoms with Crippen molar-refractivity contribution in [3.05, 3.63) is 58.9 Å². The number of methoxy groups -OCH3 is 2. The molecule has 0 aromatic heterocycles. The number of aliphatic hydroxyl groups excluding tert-OH is 1. The topological polar surface area (TPSA) is 193 Å². The van der Waals surface area contributed by atoms with E-state index in [4.69, 9.17) is 30.4 Å². The molecule has 6 atom stereocenters. The number of anilines is 1. The van der Waals surface area contributed by atoms with Crippen LogP contribution < -0.4 is 16.8 Å². The average Bonchev–Trinajstić information content (AvgIpc) is 2.89. The predicted octanol–water partition coefficient (Wildman–Crippen LogP) is 3.80. The normalized spacial score (nSPS) is 30.3. The minimum absolute atomic E-state index is 0.153. The maximum Gasteiger partial charge on any atom is 0.405 e. The number of benzene rings is 1. The highest BCUT2D eigenvalue weighted by Gasteiger charge is 2.31. The second-order valence-corrected chi connectivity index (χ2v) is 10.1. The average molecular weight is 576 g/mol. The second kappa shape index (κ2) is 15.1. The molecule has 2 rings (SSSR count). The van der Waals surface area contributed by atoms with Crippen LogP contribution in [-0.2, 0) is 23.7 Å². The molecule has 41 heavy (non-hydrogen) atoms. The Hall–Kier alpha value is -4.03. The molecule has 12 heteroatoms. The summed E-state index contributed by atoms with van der Waals surface area (Å²) in [5.41, 5.74) is 12.3. The fourth-order valence-electron chi connectivity index (χ4n) is 4.72. The molecule has 0 radical (unpaired) electrons. The third-order valence-electron chi connectivity index (χ3n) is 6.82. The van der Waals surface area contributed by atoms with Crippen molar-refractivity contribution >= 4 is 23.8 Å². The summed E-state index contributed by atoms with van der Waals surface area (Å²) < 4.78 is 22.0. The van der Waals surface area contributed by atoms with E-state index in [-0.39, 0.29) is 17.2 Å². The largest absolute Gasteiger partial charge is 0.508 e. The number of hydrogen-bond donors (Lipinski definition) is 5. The number of fused-ring (bicyclic) bond motifs is 2. The molecule has 1 heterocycles. The highest BCUT2D eigenvalue weighted by Crippen LogP contribution is 2.32. The zero-order valence-corrected chi connectivity index (χ0v) is 24.2. The Morgan fingerprint density at radius 1 is 0.976 bits per heavy atom. The molecule has 1 aromatic rings. The summed E-state index contributed by atoms with van der Waals surface area (Å²) in [5, 5.41) is 24.1. The van der Waals surface area contributed by atoms with E-state index in [2.05, 4.69) is 5.32 Å². The van der Waals surface area contributed by atoms with Crippen molar-refractivity contribution in [3.8, 4) is 5.75 Å². The number of primary amides is 2. The lowest BCUT2D eigenvalue weighted by Crippen LogP contribution is -2.36. The number of aliphatic hydroxyl groups is 1. The predicted molar refractivity (Wildman–Crippen MR) is 152 cm³/mol. The number of carbonyl (C=O) groups excluding carboxylic acids is 3. The molecule has 226 valence electrons. The summed E-state index contributed by atoms with van der Waals surface area (Å²) in [6.07, 6.45) is 0.0643. The van der Waals surface area contributed by atoms with Gasteiger partial charge in [0.05, 0.1) is 19.3 Å². The zero-order chi connectivity index (χ0) is 30.9. The quantitative estimate of drug-likeness (QED) is 0.332. The van der Waals surface area contributed by atoms with Gasteiger partial charge in [0.2, 0.25) is 0 Å². The number of nitrogens with two attached hydrogens (primary N) is 2. The van der Waals surface area contributed by atoms with Gasteiger partial charge in [-0.1, -0.05) is 26.0 Å². The number of rotatable bonds is 4. The number of phenolic OH excluding ortho intramolecular Hbond substituents is 1. The van der Waals surface area contributed by atoms with E-state index in [9.17, 15) is 24.6 Å². The molecule has 12 nitrogen and oxygen atoms in total. The highest BCUT2D eigenvalue weighted by molar-refractivity contribution is 6.03. The summed E-state index contributed by atoms with van der Waals surface area (Å²) in [7, 11) is 2.85. The Morgan fingerprint density at radius 3 is 2.20 bits per heavy atom.